The zero-order valence-corrected chi connectivity index (χ0v) is 30.3. The zero-order valence-electron chi connectivity index (χ0n) is 27.9. The van der Waals surface area contributed by atoms with Crippen LogP contribution in [0.1, 0.15) is 37.0 Å². The molecule has 2 amide bonds. The Bertz CT molecular complexity index is 1800. The van der Waals surface area contributed by atoms with E-state index in [0.717, 1.165) is 25.5 Å². The monoisotopic (exact) mass is 735 g/mol. The van der Waals surface area contributed by atoms with Gasteiger partial charge in [0.05, 0.1) is 24.8 Å². The number of hydrogen-bond acceptors (Lipinski definition) is 6. The number of halogens is 1. The summed E-state index contributed by atoms with van der Waals surface area (Å²) in [6.45, 7) is 5.17. The zero-order chi connectivity index (χ0) is 34.8. The fourth-order valence-electron chi connectivity index (χ4n) is 5.17. The van der Waals surface area contributed by atoms with Gasteiger partial charge in [0.2, 0.25) is 11.8 Å². The number of hydrogen-bond donors (Lipinski definition) is 1. The largest absolute Gasteiger partial charge is 0.497 e. The van der Waals surface area contributed by atoms with Gasteiger partial charge in [-0.15, -0.1) is 0 Å². The van der Waals surface area contributed by atoms with E-state index in [1.165, 1.54) is 37.3 Å². The molecule has 4 aromatic carbocycles. The predicted molar refractivity (Wildman–Crippen MR) is 192 cm³/mol. The third-order valence-electron chi connectivity index (χ3n) is 8.06. The molecule has 0 aromatic heterocycles. The molecule has 4 rings (SSSR count). The highest BCUT2D eigenvalue weighted by atomic mass is 79.9. The molecule has 1 N–H and O–H groups in total. The van der Waals surface area contributed by atoms with Crippen molar-refractivity contribution in [2.24, 2.45) is 0 Å². The lowest BCUT2D eigenvalue weighted by Gasteiger charge is -2.34. The summed E-state index contributed by atoms with van der Waals surface area (Å²) in [5, 5.41) is 3.05. The molecule has 0 saturated carbocycles. The van der Waals surface area contributed by atoms with E-state index in [2.05, 4.69) is 21.2 Å². The third-order valence-corrected chi connectivity index (χ3v) is 10.3. The van der Waals surface area contributed by atoms with E-state index in [1.54, 1.807) is 24.3 Å². The average molecular weight is 737 g/mol. The van der Waals surface area contributed by atoms with Crippen LogP contribution in [-0.4, -0.2) is 58.0 Å². The second-order valence-corrected chi connectivity index (χ2v) is 14.3. The van der Waals surface area contributed by atoms with Gasteiger partial charge in [-0.1, -0.05) is 83.0 Å². The van der Waals surface area contributed by atoms with Gasteiger partial charge in [0, 0.05) is 29.5 Å². The number of benzene rings is 4. The summed E-state index contributed by atoms with van der Waals surface area (Å²) in [6.07, 6.45) is 0.914. The Morgan fingerprint density at radius 3 is 2.19 bits per heavy atom. The fourth-order valence-corrected chi connectivity index (χ4v) is 7.03. The lowest BCUT2D eigenvalue weighted by Crippen LogP contribution is -2.54. The molecule has 0 unspecified atom stereocenters. The van der Waals surface area contributed by atoms with E-state index < -0.39 is 28.5 Å². The SMILES string of the molecule is CC[C@H](C)NC(=O)[C@H](Cc1ccccc1)N(Cc1cccc(Br)c1)C(=O)CN(c1cc(OC)ccc1OC)S(=O)(=O)c1ccc(C)cc1. The number of sulfonamides is 1. The van der Waals surface area contributed by atoms with E-state index in [0.29, 0.717) is 12.2 Å². The summed E-state index contributed by atoms with van der Waals surface area (Å²) in [5.41, 5.74) is 2.62. The van der Waals surface area contributed by atoms with Gasteiger partial charge in [0.25, 0.3) is 10.0 Å². The van der Waals surface area contributed by atoms with Gasteiger partial charge < -0.3 is 19.7 Å². The van der Waals surface area contributed by atoms with Gasteiger partial charge in [-0.3, -0.25) is 13.9 Å². The van der Waals surface area contributed by atoms with E-state index in [1.807, 2.05) is 75.4 Å². The number of aryl methyl sites for hydroxylation is 1. The van der Waals surface area contributed by atoms with Crippen LogP contribution in [0.25, 0.3) is 0 Å². The molecular formula is C37H42BrN3O6S. The molecule has 0 bridgehead atoms. The number of nitrogens with zero attached hydrogens (tertiary/aromatic N) is 2. The average Bonchev–Trinajstić information content (AvgIpc) is 3.08. The minimum Gasteiger partial charge on any atom is -0.497 e. The molecule has 0 radical (unpaired) electrons. The lowest BCUT2D eigenvalue weighted by molar-refractivity contribution is -0.140. The molecule has 0 saturated heterocycles. The quantitative estimate of drug-likeness (QED) is 0.149. The summed E-state index contributed by atoms with van der Waals surface area (Å²) >= 11 is 3.51. The molecule has 11 heteroatoms. The molecule has 0 aliphatic heterocycles. The number of ether oxygens (including phenoxy) is 2. The molecule has 0 aliphatic carbocycles. The molecule has 4 aromatic rings. The minimum atomic E-state index is -4.32. The van der Waals surface area contributed by atoms with Crippen molar-refractivity contribution < 1.29 is 27.5 Å². The van der Waals surface area contributed by atoms with Crippen LogP contribution in [0.5, 0.6) is 11.5 Å². The van der Waals surface area contributed by atoms with Gasteiger partial charge in [-0.2, -0.15) is 0 Å². The molecular weight excluding hydrogens is 694 g/mol. The standard InChI is InChI=1S/C37H42BrN3O6S/c1-6-27(3)39-37(43)34(22-28-11-8-7-9-12-28)40(24-29-13-10-14-30(38)21-29)36(42)25-41(33-23-31(46-4)17-20-35(33)47-5)48(44,45)32-18-15-26(2)16-19-32/h7-21,23,27,34H,6,22,24-25H2,1-5H3,(H,39,43)/t27-,34-/m0/s1. The highest BCUT2D eigenvalue weighted by Gasteiger charge is 2.36. The highest BCUT2D eigenvalue weighted by Crippen LogP contribution is 2.36. The Morgan fingerprint density at radius 2 is 1.56 bits per heavy atom. The van der Waals surface area contributed by atoms with Crippen LogP contribution in [-0.2, 0) is 32.6 Å². The van der Waals surface area contributed by atoms with Crippen molar-refractivity contribution in [3.05, 3.63) is 118 Å². The van der Waals surface area contributed by atoms with Crippen LogP contribution in [0.2, 0.25) is 0 Å². The molecule has 0 fully saturated rings. The molecule has 0 spiro atoms. The first-order valence-corrected chi connectivity index (χ1v) is 17.9. The molecule has 48 heavy (non-hydrogen) atoms. The number of anilines is 1. The van der Waals surface area contributed by atoms with E-state index >= 15 is 0 Å². The molecule has 2 atom stereocenters. The maximum Gasteiger partial charge on any atom is 0.264 e. The van der Waals surface area contributed by atoms with Crippen LogP contribution in [0, 0.1) is 6.92 Å². The number of nitrogens with one attached hydrogen (secondary N) is 1. The first-order chi connectivity index (χ1) is 23.0. The summed E-state index contributed by atoms with van der Waals surface area (Å²) in [4.78, 5) is 30.2. The molecule has 254 valence electrons. The van der Waals surface area contributed by atoms with Crippen LogP contribution in [0.3, 0.4) is 0 Å². The Morgan fingerprint density at radius 1 is 0.875 bits per heavy atom. The Hall–Kier alpha value is -4.35. The number of amides is 2. The van der Waals surface area contributed by atoms with Gasteiger partial charge in [-0.05, 0) is 67.8 Å². The second kappa shape index (κ2) is 16.7. The second-order valence-electron chi connectivity index (χ2n) is 11.5. The molecule has 0 heterocycles. The topological polar surface area (TPSA) is 105 Å². The highest BCUT2D eigenvalue weighted by molar-refractivity contribution is 9.10. The number of rotatable bonds is 15. The number of carbonyl (C=O) groups excluding carboxylic acids is 2. The van der Waals surface area contributed by atoms with E-state index in [9.17, 15) is 18.0 Å². The van der Waals surface area contributed by atoms with Crippen molar-refractivity contribution in [2.45, 2.75) is 57.1 Å². The Kier molecular flexibility index (Phi) is 12.7. The fraction of sp³-hybridized carbons (Fsp3) is 0.297. The van der Waals surface area contributed by atoms with Crippen molar-refractivity contribution in [1.82, 2.24) is 10.2 Å². The smallest absolute Gasteiger partial charge is 0.264 e. The number of methoxy groups -OCH3 is 2. The van der Waals surface area contributed by atoms with Crippen molar-refractivity contribution in [3.8, 4) is 11.5 Å². The van der Waals surface area contributed by atoms with Gasteiger partial charge in [-0.25, -0.2) is 8.42 Å². The van der Waals surface area contributed by atoms with E-state index in [-0.39, 0.29) is 41.2 Å². The van der Waals surface area contributed by atoms with Crippen LogP contribution >= 0.6 is 15.9 Å². The van der Waals surface area contributed by atoms with Crippen LogP contribution in [0.15, 0.2) is 106 Å². The van der Waals surface area contributed by atoms with Crippen molar-refractivity contribution in [1.29, 1.82) is 0 Å². The summed E-state index contributed by atoms with van der Waals surface area (Å²) in [5.74, 6) is -0.296. The first kappa shape index (κ1) is 36.5. The maximum absolute atomic E-state index is 14.7. The summed E-state index contributed by atoms with van der Waals surface area (Å²) < 4.78 is 41.7. The number of carbonyl (C=O) groups is 2. The summed E-state index contributed by atoms with van der Waals surface area (Å²) in [6, 6.07) is 27.0. The van der Waals surface area contributed by atoms with E-state index in [4.69, 9.17) is 9.47 Å². The van der Waals surface area contributed by atoms with Gasteiger partial charge in [0.15, 0.2) is 0 Å². The van der Waals surface area contributed by atoms with Crippen molar-refractivity contribution in [3.63, 3.8) is 0 Å². The molecule has 9 nitrogen and oxygen atoms in total. The van der Waals surface area contributed by atoms with Crippen LogP contribution < -0.4 is 19.1 Å². The third kappa shape index (κ3) is 9.17. The van der Waals surface area contributed by atoms with Crippen LogP contribution in [0.4, 0.5) is 5.69 Å². The maximum atomic E-state index is 14.7. The van der Waals surface area contributed by atoms with Crippen molar-refractivity contribution >= 4 is 43.5 Å². The predicted octanol–water partition coefficient (Wildman–Crippen LogP) is 6.52. The lowest BCUT2D eigenvalue weighted by atomic mass is 10.0. The Labute approximate surface area is 292 Å². The minimum absolute atomic E-state index is 0.000313. The first-order valence-electron chi connectivity index (χ1n) is 15.7. The summed E-state index contributed by atoms with van der Waals surface area (Å²) in [7, 11) is -1.42. The van der Waals surface area contributed by atoms with Gasteiger partial charge >= 0.3 is 0 Å². The normalized spacial score (nSPS) is 12.5. The van der Waals surface area contributed by atoms with Gasteiger partial charge in [0.1, 0.15) is 24.1 Å². The molecule has 0 aliphatic rings. The Balaban J connectivity index is 1.87. The van der Waals surface area contributed by atoms with Crippen molar-refractivity contribution in [2.75, 3.05) is 25.1 Å².